The van der Waals surface area contributed by atoms with Crippen molar-refractivity contribution >= 4 is 11.7 Å². The number of rotatable bonds is 4. The minimum Gasteiger partial charge on any atom is -0.466 e. The maximum Gasteiger partial charge on any atom is 0.255 e. The summed E-state index contributed by atoms with van der Waals surface area (Å²) in [5.74, 6) is 2.27. The Bertz CT molecular complexity index is 752. The highest BCUT2D eigenvalue weighted by atomic mass is 16.5. The highest BCUT2D eigenvalue weighted by Crippen LogP contribution is 2.20. The van der Waals surface area contributed by atoms with Crippen LogP contribution in [0.5, 0.6) is 0 Å². The molecule has 134 valence electrons. The number of aryl methyl sites for hydroxylation is 2. The Hall–Kier alpha value is -2.34. The molecule has 1 fully saturated rings. The van der Waals surface area contributed by atoms with E-state index >= 15 is 0 Å². The topological polar surface area (TPSA) is 67.6 Å². The molecule has 1 atom stereocenters. The van der Waals surface area contributed by atoms with Crippen LogP contribution in [0.1, 0.15) is 39.9 Å². The number of pyridine rings is 1. The number of amides is 1. The molecule has 1 aliphatic rings. The molecule has 2 aromatic rings. The van der Waals surface area contributed by atoms with E-state index in [9.17, 15) is 4.79 Å². The monoisotopic (exact) mass is 343 g/mol. The molecule has 3 rings (SSSR count). The molecule has 0 bridgehead atoms. The summed E-state index contributed by atoms with van der Waals surface area (Å²) in [6, 6.07) is 4.00. The summed E-state index contributed by atoms with van der Waals surface area (Å²) in [7, 11) is 0. The summed E-state index contributed by atoms with van der Waals surface area (Å²) in [5.41, 5.74) is 2.49. The molecule has 0 spiro atoms. The number of nitrogens with zero attached hydrogens (tertiary/aromatic N) is 2. The van der Waals surface area contributed by atoms with Gasteiger partial charge in [-0.3, -0.25) is 4.79 Å². The summed E-state index contributed by atoms with van der Waals surface area (Å²) in [5, 5.41) is 2.94. The summed E-state index contributed by atoms with van der Waals surface area (Å²) < 4.78 is 11.1. The van der Waals surface area contributed by atoms with E-state index in [1.807, 2.05) is 39.1 Å². The Balaban J connectivity index is 1.61. The second-order valence-corrected chi connectivity index (χ2v) is 6.55. The third-order valence-electron chi connectivity index (χ3n) is 4.62. The number of carbonyl (C=O) groups is 1. The number of hydrogen-bond donors (Lipinski definition) is 1. The van der Waals surface area contributed by atoms with Crippen molar-refractivity contribution in [2.45, 2.75) is 40.3 Å². The molecule has 6 heteroatoms. The summed E-state index contributed by atoms with van der Waals surface area (Å²) in [4.78, 5) is 19.2. The number of morpholine rings is 1. The van der Waals surface area contributed by atoms with Gasteiger partial charge in [-0.2, -0.15) is 0 Å². The maximum atomic E-state index is 12.4. The number of anilines is 1. The van der Waals surface area contributed by atoms with E-state index in [2.05, 4.69) is 22.1 Å². The Labute approximate surface area is 148 Å². The fourth-order valence-corrected chi connectivity index (χ4v) is 3.13. The van der Waals surface area contributed by atoms with Crippen molar-refractivity contribution in [2.75, 3.05) is 24.6 Å². The van der Waals surface area contributed by atoms with Crippen LogP contribution in [-0.2, 0) is 11.3 Å². The summed E-state index contributed by atoms with van der Waals surface area (Å²) in [6.07, 6.45) is 2.04. The number of aromatic nitrogens is 1. The lowest BCUT2D eigenvalue weighted by Gasteiger charge is -2.32. The van der Waals surface area contributed by atoms with Gasteiger partial charge in [-0.05, 0) is 39.3 Å². The zero-order valence-corrected chi connectivity index (χ0v) is 15.3. The molecule has 25 heavy (non-hydrogen) atoms. The fraction of sp³-hybridized carbons (Fsp3) is 0.474. The highest BCUT2D eigenvalue weighted by molar-refractivity contribution is 5.96. The van der Waals surface area contributed by atoms with E-state index in [0.717, 1.165) is 42.4 Å². The molecule has 2 aromatic heterocycles. The highest BCUT2D eigenvalue weighted by Gasteiger charge is 2.19. The number of furan rings is 1. The van der Waals surface area contributed by atoms with Crippen LogP contribution >= 0.6 is 0 Å². The van der Waals surface area contributed by atoms with E-state index < -0.39 is 0 Å². The van der Waals surface area contributed by atoms with Crippen molar-refractivity contribution in [3.8, 4) is 0 Å². The second-order valence-electron chi connectivity index (χ2n) is 6.55. The Morgan fingerprint density at radius 2 is 2.12 bits per heavy atom. The molecule has 0 aromatic carbocycles. The lowest BCUT2D eigenvalue weighted by molar-refractivity contribution is 0.0529. The van der Waals surface area contributed by atoms with Crippen LogP contribution < -0.4 is 10.2 Å². The quantitative estimate of drug-likeness (QED) is 0.924. The van der Waals surface area contributed by atoms with Gasteiger partial charge in [0.05, 0.1) is 18.3 Å². The molecule has 1 amide bonds. The molecular weight excluding hydrogens is 318 g/mol. The molecule has 3 heterocycles. The van der Waals surface area contributed by atoms with Crippen molar-refractivity contribution in [3.05, 3.63) is 46.5 Å². The zero-order chi connectivity index (χ0) is 18.0. The summed E-state index contributed by atoms with van der Waals surface area (Å²) in [6.45, 7) is 10.5. The van der Waals surface area contributed by atoms with Crippen molar-refractivity contribution in [2.24, 2.45) is 0 Å². The van der Waals surface area contributed by atoms with Crippen molar-refractivity contribution in [1.82, 2.24) is 10.3 Å². The van der Waals surface area contributed by atoms with Gasteiger partial charge in [-0.1, -0.05) is 6.07 Å². The fourth-order valence-electron chi connectivity index (χ4n) is 3.13. The van der Waals surface area contributed by atoms with Gasteiger partial charge in [0, 0.05) is 31.4 Å². The van der Waals surface area contributed by atoms with Crippen LogP contribution in [-0.4, -0.2) is 36.7 Å². The predicted octanol–water partition coefficient (Wildman–Crippen LogP) is 2.75. The standard InChI is InChI=1S/C19H25N3O3/c1-12-11-22(7-8-24-12)17-6-5-16(9-20-17)10-21-19(23)18-13(2)14(3)25-15(18)4/h5-6,9,12H,7-8,10-11H2,1-4H3,(H,21,23). The van der Waals surface area contributed by atoms with E-state index in [-0.39, 0.29) is 12.0 Å². The normalized spacial score (nSPS) is 17.6. The van der Waals surface area contributed by atoms with Gasteiger partial charge in [0.25, 0.3) is 5.91 Å². The Morgan fingerprint density at radius 3 is 2.72 bits per heavy atom. The minimum atomic E-state index is -0.113. The van der Waals surface area contributed by atoms with Gasteiger partial charge in [0.2, 0.25) is 0 Å². The van der Waals surface area contributed by atoms with Crippen LogP contribution in [0, 0.1) is 20.8 Å². The first-order valence-electron chi connectivity index (χ1n) is 8.62. The lowest BCUT2D eigenvalue weighted by Crippen LogP contribution is -2.41. The molecule has 6 nitrogen and oxygen atoms in total. The average Bonchev–Trinajstić information content (AvgIpc) is 2.85. The average molecular weight is 343 g/mol. The zero-order valence-electron chi connectivity index (χ0n) is 15.3. The molecule has 0 aliphatic carbocycles. The molecule has 1 saturated heterocycles. The largest absolute Gasteiger partial charge is 0.466 e. The van der Waals surface area contributed by atoms with Gasteiger partial charge in [0.1, 0.15) is 17.3 Å². The Kier molecular flexibility index (Phi) is 5.08. The number of carbonyl (C=O) groups excluding carboxylic acids is 1. The van der Waals surface area contributed by atoms with Gasteiger partial charge >= 0.3 is 0 Å². The van der Waals surface area contributed by atoms with E-state index in [4.69, 9.17) is 9.15 Å². The molecule has 1 aliphatic heterocycles. The molecule has 1 N–H and O–H groups in total. The van der Waals surface area contributed by atoms with Crippen LogP contribution in [0.25, 0.3) is 0 Å². The van der Waals surface area contributed by atoms with Crippen LogP contribution in [0.3, 0.4) is 0 Å². The number of hydrogen-bond acceptors (Lipinski definition) is 5. The first-order valence-corrected chi connectivity index (χ1v) is 8.62. The molecule has 0 radical (unpaired) electrons. The molecular formula is C19H25N3O3. The van der Waals surface area contributed by atoms with Gasteiger partial charge in [-0.15, -0.1) is 0 Å². The third-order valence-corrected chi connectivity index (χ3v) is 4.62. The van der Waals surface area contributed by atoms with E-state index in [0.29, 0.717) is 17.9 Å². The third kappa shape index (κ3) is 3.85. The van der Waals surface area contributed by atoms with Crippen LogP contribution in [0.2, 0.25) is 0 Å². The van der Waals surface area contributed by atoms with Gasteiger partial charge in [0.15, 0.2) is 0 Å². The Morgan fingerprint density at radius 1 is 1.32 bits per heavy atom. The van der Waals surface area contributed by atoms with Crippen molar-refractivity contribution in [3.63, 3.8) is 0 Å². The lowest BCUT2D eigenvalue weighted by atomic mass is 10.1. The number of nitrogens with one attached hydrogen (secondary N) is 1. The number of ether oxygens (including phenoxy) is 1. The second kappa shape index (κ2) is 7.27. The van der Waals surface area contributed by atoms with Crippen molar-refractivity contribution in [1.29, 1.82) is 0 Å². The summed E-state index contributed by atoms with van der Waals surface area (Å²) >= 11 is 0. The predicted molar refractivity (Wildman–Crippen MR) is 96.0 cm³/mol. The molecule has 1 unspecified atom stereocenters. The van der Waals surface area contributed by atoms with Gasteiger partial charge in [-0.25, -0.2) is 4.98 Å². The minimum absolute atomic E-state index is 0.113. The smallest absolute Gasteiger partial charge is 0.255 e. The van der Waals surface area contributed by atoms with Crippen molar-refractivity contribution < 1.29 is 13.9 Å². The van der Waals surface area contributed by atoms with E-state index in [1.165, 1.54) is 0 Å². The van der Waals surface area contributed by atoms with Crippen LogP contribution in [0.15, 0.2) is 22.7 Å². The van der Waals surface area contributed by atoms with Gasteiger partial charge < -0.3 is 19.4 Å². The van der Waals surface area contributed by atoms with E-state index in [1.54, 1.807) is 0 Å². The SMILES string of the molecule is Cc1oc(C)c(C(=O)NCc2ccc(N3CCOC(C)C3)nc2)c1C. The maximum absolute atomic E-state index is 12.4. The molecule has 0 saturated carbocycles. The van der Waals surface area contributed by atoms with Crippen LogP contribution in [0.4, 0.5) is 5.82 Å². The first kappa shape index (κ1) is 17.5. The first-order chi connectivity index (χ1) is 12.0.